The molecule has 0 spiro atoms. The summed E-state index contributed by atoms with van der Waals surface area (Å²) >= 11 is 0. The Morgan fingerprint density at radius 1 is 1.15 bits per heavy atom. The summed E-state index contributed by atoms with van der Waals surface area (Å²) in [6.07, 6.45) is 3.23. The minimum Gasteiger partial charge on any atom is -0.299 e. The number of hydrogen-bond donors (Lipinski definition) is 0. The van der Waals surface area contributed by atoms with Gasteiger partial charge in [0, 0.05) is 12.3 Å². The fourth-order valence-corrected chi connectivity index (χ4v) is 3.51. The molecule has 1 heteroatoms. The van der Waals surface area contributed by atoms with Crippen LogP contribution in [0, 0.1) is 22.7 Å². The number of carbonyl (C=O) groups is 1. The Balaban J connectivity index is 2.30. The minimum absolute atomic E-state index is 0.231. The van der Waals surface area contributed by atoms with Gasteiger partial charge in [0.15, 0.2) is 0 Å². The highest BCUT2D eigenvalue weighted by molar-refractivity contribution is 5.84. The predicted octanol–water partition coefficient (Wildman–Crippen LogP) is 3.04. The summed E-state index contributed by atoms with van der Waals surface area (Å²) in [5.41, 5.74) is 0.600. The summed E-state index contributed by atoms with van der Waals surface area (Å²) in [6.45, 7) is 9.17. The van der Waals surface area contributed by atoms with Gasteiger partial charge in [-0.05, 0) is 29.6 Å². The fraction of sp³-hybridized carbons (Fsp3) is 0.917. The van der Waals surface area contributed by atoms with Crippen LogP contribution >= 0.6 is 0 Å². The van der Waals surface area contributed by atoms with E-state index in [0.29, 0.717) is 23.0 Å². The zero-order valence-corrected chi connectivity index (χ0v) is 9.18. The van der Waals surface area contributed by atoms with Crippen LogP contribution < -0.4 is 0 Å². The molecule has 0 bridgehead atoms. The molecule has 2 atom stereocenters. The molecule has 0 aromatic carbocycles. The first-order valence-corrected chi connectivity index (χ1v) is 5.42. The molecular formula is C12H20O. The van der Waals surface area contributed by atoms with E-state index in [9.17, 15) is 4.79 Å². The van der Waals surface area contributed by atoms with Gasteiger partial charge in [-0.1, -0.05) is 27.7 Å². The van der Waals surface area contributed by atoms with Crippen molar-refractivity contribution in [3.63, 3.8) is 0 Å². The van der Waals surface area contributed by atoms with Gasteiger partial charge in [-0.25, -0.2) is 0 Å². The molecule has 0 unspecified atom stereocenters. The molecule has 0 aromatic rings. The highest BCUT2D eigenvalue weighted by Crippen LogP contribution is 2.67. The molecule has 2 aliphatic carbocycles. The van der Waals surface area contributed by atoms with Crippen molar-refractivity contribution in [2.45, 2.75) is 47.0 Å². The van der Waals surface area contributed by atoms with Gasteiger partial charge >= 0.3 is 0 Å². The SMILES string of the molecule is CC1(C)[C@@H]2C(=O)CCC[C@@H]2C1(C)C. The smallest absolute Gasteiger partial charge is 0.136 e. The van der Waals surface area contributed by atoms with E-state index >= 15 is 0 Å². The molecule has 0 aliphatic heterocycles. The summed E-state index contributed by atoms with van der Waals surface area (Å²) in [5.74, 6) is 1.57. The van der Waals surface area contributed by atoms with Crippen molar-refractivity contribution in [1.82, 2.24) is 0 Å². The third-order valence-electron chi connectivity index (χ3n) is 5.05. The quantitative estimate of drug-likeness (QED) is 0.560. The standard InChI is InChI=1S/C12H20O/c1-11(2)8-6-5-7-9(13)10(8)12(11,3)4/h8,10H,5-7H2,1-4H3/t8-,10-/m0/s1. The van der Waals surface area contributed by atoms with Crippen LogP contribution in [0.1, 0.15) is 47.0 Å². The Morgan fingerprint density at radius 2 is 1.77 bits per heavy atom. The topological polar surface area (TPSA) is 17.1 Å². The molecule has 1 nitrogen and oxygen atoms in total. The molecule has 0 amide bonds. The summed E-state index contributed by atoms with van der Waals surface area (Å²) in [7, 11) is 0. The largest absolute Gasteiger partial charge is 0.299 e. The van der Waals surface area contributed by atoms with Crippen LogP contribution in [-0.4, -0.2) is 5.78 Å². The zero-order valence-electron chi connectivity index (χ0n) is 9.18. The summed E-state index contributed by atoms with van der Waals surface area (Å²) in [5, 5.41) is 0. The first-order chi connectivity index (χ1) is 5.89. The molecule has 0 aromatic heterocycles. The Morgan fingerprint density at radius 3 is 2.31 bits per heavy atom. The molecular weight excluding hydrogens is 160 g/mol. The molecule has 2 saturated carbocycles. The van der Waals surface area contributed by atoms with Crippen molar-refractivity contribution < 1.29 is 4.79 Å². The lowest BCUT2D eigenvalue weighted by atomic mass is 9.37. The zero-order chi connectivity index (χ0) is 9.85. The summed E-state index contributed by atoms with van der Waals surface area (Å²) < 4.78 is 0. The Hall–Kier alpha value is -0.330. The van der Waals surface area contributed by atoms with E-state index in [4.69, 9.17) is 0 Å². The molecule has 2 fully saturated rings. The maximum Gasteiger partial charge on any atom is 0.136 e. The number of Topliss-reactive ketones (excluding diaryl/α,β-unsaturated/α-hetero) is 1. The third kappa shape index (κ3) is 0.908. The maximum atomic E-state index is 11.8. The first-order valence-electron chi connectivity index (χ1n) is 5.42. The van der Waals surface area contributed by atoms with Crippen LogP contribution in [0.4, 0.5) is 0 Å². The van der Waals surface area contributed by atoms with Crippen molar-refractivity contribution in [3.8, 4) is 0 Å². The van der Waals surface area contributed by atoms with Crippen molar-refractivity contribution in [2.75, 3.05) is 0 Å². The third-order valence-corrected chi connectivity index (χ3v) is 5.05. The molecule has 2 rings (SSSR count). The number of hydrogen-bond acceptors (Lipinski definition) is 1. The van der Waals surface area contributed by atoms with Gasteiger partial charge in [0.1, 0.15) is 5.78 Å². The maximum absolute atomic E-state index is 11.8. The van der Waals surface area contributed by atoms with Gasteiger partial charge in [0.25, 0.3) is 0 Å². The first kappa shape index (κ1) is 9.23. The second-order valence-corrected chi connectivity index (χ2v) is 5.89. The van der Waals surface area contributed by atoms with Crippen LogP contribution in [0.3, 0.4) is 0 Å². The molecule has 0 saturated heterocycles. The highest BCUT2D eigenvalue weighted by atomic mass is 16.1. The Bertz CT molecular complexity index is 250. The van der Waals surface area contributed by atoms with E-state index in [1.165, 1.54) is 6.42 Å². The van der Waals surface area contributed by atoms with Gasteiger partial charge in [0.2, 0.25) is 0 Å². The predicted molar refractivity (Wildman–Crippen MR) is 53.4 cm³/mol. The van der Waals surface area contributed by atoms with E-state index in [1.807, 2.05) is 0 Å². The number of fused-ring (bicyclic) bond motifs is 1. The summed E-state index contributed by atoms with van der Waals surface area (Å²) in [4.78, 5) is 11.8. The van der Waals surface area contributed by atoms with Crippen molar-refractivity contribution in [1.29, 1.82) is 0 Å². The summed E-state index contributed by atoms with van der Waals surface area (Å²) in [6, 6.07) is 0. The lowest BCUT2D eigenvalue weighted by Crippen LogP contribution is -2.63. The van der Waals surface area contributed by atoms with Gasteiger partial charge in [0.05, 0.1) is 0 Å². The van der Waals surface area contributed by atoms with E-state index in [1.54, 1.807) is 0 Å². The number of ketones is 1. The molecule has 0 heterocycles. The lowest BCUT2D eigenvalue weighted by Gasteiger charge is -2.66. The Kier molecular flexibility index (Phi) is 1.68. The second-order valence-electron chi connectivity index (χ2n) is 5.89. The van der Waals surface area contributed by atoms with Gasteiger partial charge in [-0.2, -0.15) is 0 Å². The van der Waals surface area contributed by atoms with E-state index in [2.05, 4.69) is 27.7 Å². The van der Waals surface area contributed by atoms with Gasteiger partial charge in [-0.3, -0.25) is 4.79 Å². The van der Waals surface area contributed by atoms with Crippen LogP contribution in [-0.2, 0) is 4.79 Å². The van der Waals surface area contributed by atoms with Crippen molar-refractivity contribution in [3.05, 3.63) is 0 Å². The average Bonchev–Trinajstić information content (AvgIpc) is 2.03. The van der Waals surface area contributed by atoms with E-state index in [0.717, 1.165) is 12.8 Å². The van der Waals surface area contributed by atoms with Crippen molar-refractivity contribution >= 4 is 5.78 Å². The van der Waals surface area contributed by atoms with Crippen LogP contribution in [0.5, 0.6) is 0 Å². The highest BCUT2D eigenvalue weighted by Gasteiger charge is 2.64. The number of rotatable bonds is 0. The van der Waals surface area contributed by atoms with E-state index < -0.39 is 0 Å². The molecule has 13 heavy (non-hydrogen) atoms. The molecule has 74 valence electrons. The van der Waals surface area contributed by atoms with Gasteiger partial charge in [-0.15, -0.1) is 0 Å². The van der Waals surface area contributed by atoms with Crippen LogP contribution in [0.2, 0.25) is 0 Å². The molecule has 0 radical (unpaired) electrons. The Labute approximate surface area is 80.9 Å². The lowest BCUT2D eigenvalue weighted by molar-refractivity contribution is -0.190. The fourth-order valence-electron chi connectivity index (χ4n) is 3.51. The van der Waals surface area contributed by atoms with Crippen LogP contribution in [0.25, 0.3) is 0 Å². The van der Waals surface area contributed by atoms with E-state index in [-0.39, 0.29) is 5.41 Å². The molecule has 2 aliphatic rings. The van der Waals surface area contributed by atoms with Crippen LogP contribution in [0.15, 0.2) is 0 Å². The van der Waals surface area contributed by atoms with Crippen molar-refractivity contribution in [2.24, 2.45) is 22.7 Å². The second kappa shape index (κ2) is 2.37. The minimum atomic E-state index is 0.231. The molecule has 0 N–H and O–H groups in total. The normalized spacial score (nSPS) is 40.8. The van der Waals surface area contributed by atoms with Gasteiger partial charge < -0.3 is 0 Å². The average molecular weight is 180 g/mol. The monoisotopic (exact) mass is 180 g/mol. The number of carbonyl (C=O) groups excluding carboxylic acids is 1.